The molecule has 0 spiro atoms. The third-order valence-electron chi connectivity index (χ3n) is 4.33. The Kier molecular flexibility index (Phi) is 5.64. The molecule has 2 atom stereocenters. The van der Waals surface area contributed by atoms with E-state index in [1.807, 2.05) is 44.3 Å². The number of benzene rings is 1. The number of carbonyl (C=O) groups excluding carboxylic acids is 1. The molecule has 1 aromatic rings. The van der Waals surface area contributed by atoms with E-state index < -0.39 is 16.1 Å². The van der Waals surface area contributed by atoms with E-state index in [0.29, 0.717) is 19.5 Å². The molecule has 6 nitrogen and oxygen atoms in total. The number of likely N-dealkylation sites (N-methyl/N-ethyl adjacent to an activating group) is 1. The average molecular weight is 339 g/mol. The van der Waals surface area contributed by atoms with Crippen molar-refractivity contribution in [1.82, 2.24) is 9.62 Å². The Balaban J connectivity index is 1.91. The minimum atomic E-state index is -3.33. The van der Waals surface area contributed by atoms with E-state index in [1.165, 1.54) is 4.31 Å². The van der Waals surface area contributed by atoms with Crippen molar-refractivity contribution in [3.05, 3.63) is 30.3 Å². The zero-order valence-electron chi connectivity index (χ0n) is 13.9. The number of hydrogen-bond donors (Lipinski definition) is 1. The van der Waals surface area contributed by atoms with Crippen LogP contribution in [0.1, 0.15) is 19.8 Å². The first-order valence-electron chi connectivity index (χ1n) is 7.83. The predicted molar refractivity (Wildman–Crippen MR) is 91.9 cm³/mol. The molecular weight excluding hydrogens is 314 g/mol. The SMILES string of the molecule is C[C@@H](CNC(=O)[C@H]1CCCN1S(C)(=O)=O)N(C)c1ccccc1. The molecule has 1 aromatic carbocycles. The zero-order valence-corrected chi connectivity index (χ0v) is 14.7. The van der Waals surface area contributed by atoms with Gasteiger partial charge in [0.05, 0.1) is 6.26 Å². The van der Waals surface area contributed by atoms with Crippen LogP contribution >= 0.6 is 0 Å². The van der Waals surface area contributed by atoms with Gasteiger partial charge in [0.2, 0.25) is 15.9 Å². The second-order valence-electron chi connectivity index (χ2n) is 6.07. The highest BCUT2D eigenvalue weighted by Gasteiger charge is 2.36. The molecule has 7 heteroatoms. The molecule has 0 bridgehead atoms. The summed E-state index contributed by atoms with van der Waals surface area (Å²) in [6, 6.07) is 9.47. The van der Waals surface area contributed by atoms with E-state index in [2.05, 4.69) is 10.2 Å². The highest BCUT2D eigenvalue weighted by Crippen LogP contribution is 2.20. The van der Waals surface area contributed by atoms with Gasteiger partial charge >= 0.3 is 0 Å². The molecule has 1 amide bonds. The molecule has 1 N–H and O–H groups in total. The molecule has 0 aromatic heterocycles. The van der Waals surface area contributed by atoms with Crippen molar-refractivity contribution in [2.45, 2.75) is 31.8 Å². The molecule has 0 unspecified atom stereocenters. The lowest BCUT2D eigenvalue weighted by Gasteiger charge is -2.28. The van der Waals surface area contributed by atoms with Crippen molar-refractivity contribution in [3.8, 4) is 0 Å². The summed E-state index contributed by atoms with van der Waals surface area (Å²) in [5, 5.41) is 2.89. The maximum absolute atomic E-state index is 12.3. The lowest BCUT2D eigenvalue weighted by Crippen LogP contribution is -2.48. The highest BCUT2D eigenvalue weighted by atomic mass is 32.2. The van der Waals surface area contributed by atoms with Crippen molar-refractivity contribution >= 4 is 21.6 Å². The Labute approximate surface area is 138 Å². The summed E-state index contributed by atoms with van der Waals surface area (Å²) in [4.78, 5) is 14.4. The Morgan fingerprint density at radius 2 is 2.04 bits per heavy atom. The van der Waals surface area contributed by atoms with Crippen molar-refractivity contribution in [1.29, 1.82) is 0 Å². The summed E-state index contributed by atoms with van der Waals surface area (Å²) in [6.45, 7) is 2.92. The minimum Gasteiger partial charge on any atom is -0.370 e. The van der Waals surface area contributed by atoms with Gasteiger partial charge in [0, 0.05) is 31.9 Å². The van der Waals surface area contributed by atoms with Gasteiger partial charge in [0.15, 0.2) is 0 Å². The van der Waals surface area contributed by atoms with Crippen LogP contribution < -0.4 is 10.2 Å². The highest BCUT2D eigenvalue weighted by molar-refractivity contribution is 7.88. The number of carbonyl (C=O) groups is 1. The van der Waals surface area contributed by atoms with Crippen molar-refractivity contribution < 1.29 is 13.2 Å². The van der Waals surface area contributed by atoms with Crippen molar-refractivity contribution in [2.75, 3.05) is 31.3 Å². The molecule has 1 saturated heterocycles. The molecular formula is C16H25N3O3S. The molecule has 0 radical (unpaired) electrons. The fourth-order valence-corrected chi connectivity index (χ4v) is 3.94. The monoisotopic (exact) mass is 339 g/mol. The average Bonchev–Trinajstić information content (AvgIpc) is 3.02. The fraction of sp³-hybridized carbons (Fsp3) is 0.562. The van der Waals surface area contributed by atoms with Gasteiger partial charge in [-0.3, -0.25) is 4.79 Å². The van der Waals surface area contributed by atoms with Gasteiger partial charge in [-0.25, -0.2) is 8.42 Å². The van der Waals surface area contributed by atoms with Crippen LogP contribution in [0.3, 0.4) is 0 Å². The maximum atomic E-state index is 12.3. The van der Waals surface area contributed by atoms with Crippen LogP contribution in [-0.2, 0) is 14.8 Å². The first kappa shape index (κ1) is 17.7. The van der Waals surface area contributed by atoms with Gasteiger partial charge in [0.25, 0.3) is 0 Å². The van der Waals surface area contributed by atoms with Crippen LogP contribution in [0.4, 0.5) is 5.69 Å². The van der Waals surface area contributed by atoms with Crippen molar-refractivity contribution in [2.24, 2.45) is 0 Å². The van der Waals surface area contributed by atoms with Gasteiger partial charge in [-0.1, -0.05) is 18.2 Å². The minimum absolute atomic E-state index is 0.106. The summed E-state index contributed by atoms with van der Waals surface area (Å²) >= 11 is 0. The first-order valence-corrected chi connectivity index (χ1v) is 9.68. The molecule has 0 aliphatic carbocycles. The topological polar surface area (TPSA) is 69.7 Å². The Hall–Kier alpha value is -1.60. The number of amides is 1. The third-order valence-corrected chi connectivity index (χ3v) is 5.62. The molecule has 1 heterocycles. The van der Waals surface area contributed by atoms with E-state index in [-0.39, 0.29) is 11.9 Å². The Bertz CT molecular complexity index is 633. The van der Waals surface area contributed by atoms with Gasteiger partial charge < -0.3 is 10.2 Å². The molecule has 23 heavy (non-hydrogen) atoms. The molecule has 2 rings (SSSR count). The summed E-state index contributed by atoms with van der Waals surface area (Å²) < 4.78 is 24.7. The second-order valence-corrected chi connectivity index (χ2v) is 8.01. The summed E-state index contributed by atoms with van der Waals surface area (Å²) in [5.74, 6) is -0.207. The predicted octanol–water partition coefficient (Wildman–Crippen LogP) is 1.05. The van der Waals surface area contributed by atoms with Gasteiger partial charge in [-0.2, -0.15) is 4.31 Å². The van der Waals surface area contributed by atoms with Crippen LogP contribution in [-0.4, -0.2) is 57.1 Å². The van der Waals surface area contributed by atoms with Crippen molar-refractivity contribution in [3.63, 3.8) is 0 Å². The van der Waals surface area contributed by atoms with Crippen LogP contribution in [0, 0.1) is 0 Å². The Morgan fingerprint density at radius 3 is 2.65 bits per heavy atom. The van der Waals surface area contributed by atoms with Gasteiger partial charge in [-0.15, -0.1) is 0 Å². The normalized spacial score (nSPS) is 20.2. The summed E-state index contributed by atoms with van der Waals surface area (Å²) in [5.41, 5.74) is 1.08. The van der Waals surface area contributed by atoms with Crippen LogP contribution in [0.2, 0.25) is 0 Å². The number of rotatable bonds is 6. The fourth-order valence-electron chi connectivity index (χ4n) is 2.82. The smallest absolute Gasteiger partial charge is 0.238 e. The molecule has 1 aliphatic rings. The molecule has 128 valence electrons. The first-order chi connectivity index (χ1) is 10.8. The zero-order chi connectivity index (χ0) is 17.0. The van der Waals surface area contributed by atoms with E-state index in [9.17, 15) is 13.2 Å². The summed E-state index contributed by atoms with van der Waals surface area (Å²) in [6.07, 6.45) is 2.47. The maximum Gasteiger partial charge on any atom is 0.238 e. The number of hydrogen-bond acceptors (Lipinski definition) is 4. The van der Waals surface area contributed by atoms with Crippen LogP contribution in [0.15, 0.2) is 30.3 Å². The standard InChI is InChI=1S/C16H25N3O3S/c1-13(18(2)14-8-5-4-6-9-14)12-17-16(20)15-10-7-11-19(15)23(3,21)22/h4-6,8-9,13,15H,7,10-12H2,1-3H3,(H,17,20)/t13-,15+/m0/s1. The number of sulfonamides is 1. The van der Waals surface area contributed by atoms with E-state index >= 15 is 0 Å². The van der Waals surface area contributed by atoms with E-state index in [1.54, 1.807) is 0 Å². The number of nitrogens with zero attached hydrogens (tertiary/aromatic N) is 2. The molecule has 0 saturated carbocycles. The lowest BCUT2D eigenvalue weighted by molar-refractivity contribution is -0.124. The number of nitrogens with one attached hydrogen (secondary N) is 1. The molecule has 1 fully saturated rings. The van der Waals surface area contributed by atoms with E-state index in [0.717, 1.165) is 18.4 Å². The molecule has 1 aliphatic heterocycles. The van der Waals surface area contributed by atoms with Crippen LogP contribution in [0.5, 0.6) is 0 Å². The van der Waals surface area contributed by atoms with E-state index in [4.69, 9.17) is 0 Å². The van der Waals surface area contributed by atoms with Gasteiger partial charge in [-0.05, 0) is 31.9 Å². The van der Waals surface area contributed by atoms with Gasteiger partial charge in [0.1, 0.15) is 6.04 Å². The number of para-hydroxylation sites is 1. The summed E-state index contributed by atoms with van der Waals surface area (Å²) in [7, 11) is -1.36. The quantitative estimate of drug-likeness (QED) is 0.841. The number of anilines is 1. The second kappa shape index (κ2) is 7.31. The lowest BCUT2D eigenvalue weighted by atomic mass is 10.2. The largest absolute Gasteiger partial charge is 0.370 e. The third kappa shape index (κ3) is 4.45. The van der Waals surface area contributed by atoms with Crippen LogP contribution in [0.25, 0.3) is 0 Å². The Morgan fingerprint density at radius 1 is 1.39 bits per heavy atom.